The summed E-state index contributed by atoms with van der Waals surface area (Å²) in [6.07, 6.45) is 3.34. The first kappa shape index (κ1) is 18.8. The van der Waals surface area contributed by atoms with Crippen LogP contribution in [0.3, 0.4) is 0 Å². The molecule has 1 unspecified atom stereocenters. The van der Waals surface area contributed by atoms with Crippen molar-refractivity contribution in [1.29, 1.82) is 0 Å². The van der Waals surface area contributed by atoms with Crippen molar-refractivity contribution in [2.45, 2.75) is 30.9 Å². The zero-order valence-electron chi connectivity index (χ0n) is 14.9. The van der Waals surface area contributed by atoms with Crippen LogP contribution in [0, 0.1) is 0 Å². The molecule has 0 radical (unpaired) electrons. The van der Waals surface area contributed by atoms with Gasteiger partial charge < -0.3 is 15.3 Å². The molecular formula is C20H24ClN3O2. The predicted molar refractivity (Wildman–Crippen MR) is 102 cm³/mol. The molecule has 2 aromatic rings. The fourth-order valence-corrected chi connectivity index (χ4v) is 3.79. The maximum atomic E-state index is 13.1. The molecule has 138 valence electrons. The molecule has 1 aliphatic rings. The van der Waals surface area contributed by atoms with E-state index < -0.39 is 5.60 Å². The number of nitrogens with one attached hydrogen (secondary N) is 1. The normalized spacial score (nSPS) is 17.5. The van der Waals surface area contributed by atoms with Crippen LogP contribution in [-0.4, -0.2) is 52.7 Å². The van der Waals surface area contributed by atoms with E-state index in [1.165, 1.54) is 0 Å². The minimum atomic E-state index is -0.944. The predicted octanol–water partition coefficient (Wildman–Crippen LogP) is 2.53. The van der Waals surface area contributed by atoms with Crippen molar-refractivity contribution in [2.75, 3.05) is 20.1 Å². The molecule has 6 heteroatoms. The number of amides is 1. The van der Waals surface area contributed by atoms with Crippen LogP contribution in [0.4, 0.5) is 0 Å². The maximum Gasteiger partial charge on any atom is 0.257 e. The summed E-state index contributed by atoms with van der Waals surface area (Å²) in [7, 11) is 1.74. The zero-order valence-corrected chi connectivity index (χ0v) is 15.6. The number of piperidine rings is 1. The van der Waals surface area contributed by atoms with E-state index in [1.807, 2.05) is 30.3 Å². The Bertz CT molecular complexity index is 748. The quantitative estimate of drug-likeness (QED) is 0.790. The highest BCUT2D eigenvalue weighted by Crippen LogP contribution is 2.30. The lowest BCUT2D eigenvalue weighted by Crippen LogP contribution is -2.58. The van der Waals surface area contributed by atoms with Gasteiger partial charge in [-0.3, -0.25) is 4.79 Å². The summed E-state index contributed by atoms with van der Waals surface area (Å²) >= 11 is 6.12. The minimum absolute atomic E-state index is 0.181. The van der Waals surface area contributed by atoms with E-state index in [1.54, 1.807) is 30.3 Å². The monoisotopic (exact) mass is 373 g/mol. The molecule has 1 atom stereocenters. The average molecular weight is 374 g/mol. The van der Waals surface area contributed by atoms with Gasteiger partial charge >= 0.3 is 0 Å². The Kier molecular flexibility index (Phi) is 5.91. The van der Waals surface area contributed by atoms with Gasteiger partial charge in [0, 0.05) is 13.2 Å². The molecule has 0 aliphatic carbocycles. The summed E-state index contributed by atoms with van der Waals surface area (Å²) in [4.78, 5) is 18.7. The van der Waals surface area contributed by atoms with Gasteiger partial charge in [-0.2, -0.15) is 0 Å². The number of aliphatic hydroxyl groups is 1. The second-order valence-corrected chi connectivity index (χ2v) is 7.17. The van der Waals surface area contributed by atoms with Gasteiger partial charge in [-0.1, -0.05) is 41.9 Å². The van der Waals surface area contributed by atoms with Crippen molar-refractivity contribution < 1.29 is 9.90 Å². The Labute approximate surface area is 159 Å². The van der Waals surface area contributed by atoms with Crippen LogP contribution < -0.4 is 5.32 Å². The number of likely N-dealkylation sites (N-methyl/N-ethyl adjacent to an activating group) is 1. The first-order valence-corrected chi connectivity index (χ1v) is 9.24. The third kappa shape index (κ3) is 4.06. The molecule has 0 bridgehead atoms. The van der Waals surface area contributed by atoms with Gasteiger partial charge in [0.1, 0.15) is 5.15 Å². The fraction of sp³-hybridized carbons (Fsp3) is 0.400. The Balaban J connectivity index is 1.91. The van der Waals surface area contributed by atoms with Gasteiger partial charge in [-0.15, -0.1) is 0 Å². The van der Waals surface area contributed by atoms with Crippen molar-refractivity contribution in [3.8, 4) is 0 Å². The maximum absolute atomic E-state index is 13.1. The highest BCUT2D eigenvalue weighted by atomic mass is 35.5. The molecule has 1 aromatic heterocycles. The average Bonchev–Trinajstić information content (AvgIpc) is 2.67. The van der Waals surface area contributed by atoms with Crippen LogP contribution in [0.15, 0.2) is 48.7 Å². The number of hydrogen-bond donors (Lipinski definition) is 2. The number of rotatable bonds is 5. The molecule has 0 spiro atoms. The summed E-state index contributed by atoms with van der Waals surface area (Å²) in [6.45, 7) is 1.47. The third-order valence-electron chi connectivity index (χ3n) is 5.14. The van der Waals surface area contributed by atoms with Crippen LogP contribution in [0.5, 0.6) is 0 Å². The van der Waals surface area contributed by atoms with Gasteiger partial charge in [0.15, 0.2) is 0 Å². The van der Waals surface area contributed by atoms with Gasteiger partial charge in [-0.25, -0.2) is 4.98 Å². The lowest BCUT2D eigenvalue weighted by Gasteiger charge is -2.44. The minimum Gasteiger partial charge on any atom is -0.388 e. The Morgan fingerprint density at radius 3 is 2.62 bits per heavy atom. The number of carbonyl (C=O) groups is 1. The van der Waals surface area contributed by atoms with E-state index in [9.17, 15) is 9.90 Å². The second kappa shape index (κ2) is 8.16. The topological polar surface area (TPSA) is 65.5 Å². The van der Waals surface area contributed by atoms with E-state index in [0.29, 0.717) is 24.8 Å². The Morgan fingerprint density at radius 2 is 1.96 bits per heavy atom. The second-order valence-electron chi connectivity index (χ2n) is 6.82. The van der Waals surface area contributed by atoms with Crippen molar-refractivity contribution >= 4 is 17.5 Å². The van der Waals surface area contributed by atoms with E-state index in [2.05, 4.69) is 10.3 Å². The van der Waals surface area contributed by atoms with Crippen LogP contribution in [-0.2, 0) is 6.42 Å². The summed E-state index contributed by atoms with van der Waals surface area (Å²) < 4.78 is 0. The molecule has 2 N–H and O–H groups in total. The Morgan fingerprint density at radius 1 is 1.27 bits per heavy atom. The van der Waals surface area contributed by atoms with E-state index in [4.69, 9.17) is 11.6 Å². The molecule has 1 aromatic carbocycles. The molecule has 3 rings (SSSR count). The van der Waals surface area contributed by atoms with E-state index >= 15 is 0 Å². The third-order valence-corrected chi connectivity index (χ3v) is 5.44. The van der Waals surface area contributed by atoms with Gasteiger partial charge in [0.25, 0.3) is 5.91 Å². The molecule has 1 amide bonds. The van der Waals surface area contributed by atoms with Crippen LogP contribution in [0.1, 0.15) is 28.8 Å². The van der Waals surface area contributed by atoms with E-state index in [-0.39, 0.29) is 17.1 Å². The number of aromatic nitrogens is 1. The molecule has 1 fully saturated rings. The number of benzene rings is 1. The van der Waals surface area contributed by atoms with Gasteiger partial charge in [0.2, 0.25) is 0 Å². The van der Waals surface area contributed by atoms with Crippen LogP contribution in [0.2, 0.25) is 5.15 Å². The summed E-state index contributed by atoms with van der Waals surface area (Å²) in [5.41, 5.74) is 0.494. The molecule has 1 saturated heterocycles. The van der Waals surface area contributed by atoms with Crippen molar-refractivity contribution in [2.24, 2.45) is 0 Å². The largest absolute Gasteiger partial charge is 0.388 e. The summed E-state index contributed by atoms with van der Waals surface area (Å²) in [5, 5.41) is 14.8. The van der Waals surface area contributed by atoms with Crippen molar-refractivity contribution in [3.63, 3.8) is 0 Å². The highest BCUT2D eigenvalue weighted by molar-refractivity contribution is 6.32. The summed E-state index contributed by atoms with van der Waals surface area (Å²) in [6, 6.07) is 13.0. The Hall–Kier alpha value is -1.95. The lowest BCUT2D eigenvalue weighted by molar-refractivity contribution is -0.0542. The molecular weight excluding hydrogens is 350 g/mol. The van der Waals surface area contributed by atoms with Crippen molar-refractivity contribution in [3.05, 3.63) is 64.9 Å². The molecule has 26 heavy (non-hydrogen) atoms. The van der Waals surface area contributed by atoms with Crippen LogP contribution in [0.25, 0.3) is 0 Å². The summed E-state index contributed by atoms with van der Waals surface area (Å²) in [5.74, 6) is -0.226. The number of hydrogen-bond acceptors (Lipinski definition) is 4. The SMILES string of the molecule is CN(C(=O)c1cccnc1Cl)C(Cc1ccccc1)C1(O)CCNCC1. The molecule has 1 aliphatic heterocycles. The van der Waals surface area contributed by atoms with Gasteiger partial charge in [0.05, 0.1) is 17.2 Å². The molecule has 0 saturated carbocycles. The zero-order chi connectivity index (χ0) is 18.6. The number of halogens is 1. The smallest absolute Gasteiger partial charge is 0.257 e. The number of nitrogens with zero attached hydrogens (tertiary/aromatic N) is 2. The first-order chi connectivity index (χ1) is 12.5. The molecule has 2 heterocycles. The standard InChI is InChI=1S/C20H24ClN3O2/c1-24(19(25)16-8-5-11-23-18(16)21)17(14-15-6-3-2-4-7-15)20(26)9-12-22-13-10-20/h2-8,11,17,22,26H,9-10,12-14H2,1H3. The van der Waals surface area contributed by atoms with E-state index in [0.717, 1.165) is 18.7 Å². The van der Waals surface area contributed by atoms with Gasteiger partial charge in [-0.05, 0) is 50.0 Å². The first-order valence-electron chi connectivity index (χ1n) is 8.86. The number of pyridine rings is 1. The lowest BCUT2D eigenvalue weighted by atomic mass is 9.81. The number of carbonyl (C=O) groups excluding carboxylic acids is 1. The molecule has 5 nitrogen and oxygen atoms in total. The van der Waals surface area contributed by atoms with Crippen molar-refractivity contribution in [1.82, 2.24) is 15.2 Å². The highest BCUT2D eigenvalue weighted by Gasteiger charge is 2.42. The fourth-order valence-electron chi connectivity index (χ4n) is 3.59. The van der Waals surface area contributed by atoms with Crippen LogP contribution >= 0.6 is 11.6 Å².